The molecule has 0 aliphatic heterocycles. The second-order valence-corrected chi connectivity index (χ2v) is 4.80. The Kier molecular flexibility index (Phi) is 3.82. The molecule has 108 valence electrons. The van der Waals surface area contributed by atoms with E-state index in [-0.39, 0.29) is 6.04 Å². The van der Waals surface area contributed by atoms with Gasteiger partial charge in [0.15, 0.2) is 0 Å². The summed E-state index contributed by atoms with van der Waals surface area (Å²) in [5.41, 5.74) is 1.66. The van der Waals surface area contributed by atoms with Gasteiger partial charge in [0.1, 0.15) is 5.69 Å². The second kappa shape index (κ2) is 5.40. The highest BCUT2D eigenvalue weighted by Crippen LogP contribution is 2.24. The fraction of sp³-hybridized carbons (Fsp3) is 0.583. The number of hydrogen-bond acceptors (Lipinski definition) is 5. The maximum absolute atomic E-state index is 11.1. The number of hydrogen-bond donors (Lipinski definition) is 1. The van der Waals surface area contributed by atoms with Crippen molar-refractivity contribution >= 4 is 5.97 Å². The zero-order valence-electron chi connectivity index (χ0n) is 12.0. The third-order valence-electron chi connectivity index (χ3n) is 3.42. The molecule has 2 atom stereocenters. The number of carboxylic acid groups (broad SMARTS) is 1. The van der Waals surface area contributed by atoms with Crippen LogP contribution in [0, 0.1) is 12.8 Å². The van der Waals surface area contributed by atoms with Gasteiger partial charge in [0.2, 0.25) is 5.82 Å². The first kappa shape index (κ1) is 14.2. The van der Waals surface area contributed by atoms with Crippen LogP contribution in [0.3, 0.4) is 0 Å². The van der Waals surface area contributed by atoms with Gasteiger partial charge in [0.05, 0.1) is 17.7 Å². The van der Waals surface area contributed by atoms with E-state index < -0.39 is 11.9 Å². The fourth-order valence-electron chi connectivity index (χ4n) is 2.02. The normalized spacial score (nSPS) is 14.2. The Morgan fingerprint density at radius 2 is 2.15 bits per heavy atom. The van der Waals surface area contributed by atoms with Gasteiger partial charge >= 0.3 is 5.97 Å². The van der Waals surface area contributed by atoms with Crippen molar-refractivity contribution in [1.82, 2.24) is 30.0 Å². The predicted octanol–water partition coefficient (Wildman–Crippen LogP) is 1.15. The zero-order valence-corrected chi connectivity index (χ0v) is 12.0. The van der Waals surface area contributed by atoms with Crippen LogP contribution in [0.1, 0.15) is 32.5 Å². The standard InChI is InChI=1S/C12H18N6O2/c1-5-17-10(6-7(2)14-17)11-13-15-16-18(11)9(4)8(3)12(19)20/h6,8-9H,5H2,1-4H3,(H,19,20). The third-order valence-corrected chi connectivity index (χ3v) is 3.42. The molecule has 0 bridgehead atoms. The summed E-state index contributed by atoms with van der Waals surface area (Å²) in [4.78, 5) is 11.1. The number of aliphatic carboxylic acids is 1. The fourth-order valence-corrected chi connectivity index (χ4v) is 2.02. The molecular weight excluding hydrogens is 260 g/mol. The van der Waals surface area contributed by atoms with E-state index in [9.17, 15) is 4.79 Å². The molecule has 2 rings (SSSR count). The predicted molar refractivity (Wildman–Crippen MR) is 71.0 cm³/mol. The molecule has 0 aromatic carbocycles. The molecule has 0 saturated heterocycles. The lowest BCUT2D eigenvalue weighted by molar-refractivity contribution is -0.142. The molecule has 0 fully saturated rings. The van der Waals surface area contributed by atoms with Crippen molar-refractivity contribution in [2.45, 2.75) is 40.3 Å². The van der Waals surface area contributed by atoms with Crippen molar-refractivity contribution in [3.63, 3.8) is 0 Å². The average Bonchev–Trinajstić information content (AvgIpc) is 3.02. The summed E-state index contributed by atoms with van der Waals surface area (Å²) in [5.74, 6) is -0.927. The number of aryl methyl sites for hydroxylation is 2. The van der Waals surface area contributed by atoms with Crippen LogP contribution in [0.2, 0.25) is 0 Å². The quantitative estimate of drug-likeness (QED) is 0.880. The summed E-state index contributed by atoms with van der Waals surface area (Å²) in [7, 11) is 0. The SMILES string of the molecule is CCn1nc(C)cc1-c1nnnn1C(C)C(C)C(=O)O. The molecule has 20 heavy (non-hydrogen) atoms. The van der Waals surface area contributed by atoms with Crippen LogP contribution in [-0.4, -0.2) is 41.1 Å². The van der Waals surface area contributed by atoms with Gasteiger partial charge in [-0.3, -0.25) is 9.48 Å². The lowest BCUT2D eigenvalue weighted by Gasteiger charge is -2.17. The van der Waals surface area contributed by atoms with Crippen LogP contribution < -0.4 is 0 Å². The van der Waals surface area contributed by atoms with E-state index in [0.717, 1.165) is 11.4 Å². The molecule has 0 aliphatic carbocycles. The average molecular weight is 278 g/mol. The number of rotatable bonds is 5. The summed E-state index contributed by atoms with van der Waals surface area (Å²) >= 11 is 0. The second-order valence-electron chi connectivity index (χ2n) is 4.80. The summed E-state index contributed by atoms with van der Waals surface area (Å²) in [6.07, 6.45) is 0. The summed E-state index contributed by atoms with van der Waals surface area (Å²) < 4.78 is 3.34. The maximum atomic E-state index is 11.1. The largest absolute Gasteiger partial charge is 0.481 e. The Bertz CT molecular complexity index is 617. The first-order chi connectivity index (χ1) is 9.45. The van der Waals surface area contributed by atoms with Crippen molar-refractivity contribution in [1.29, 1.82) is 0 Å². The first-order valence-electron chi connectivity index (χ1n) is 6.51. The molecule has 0 radical (unpaired) electrons. The molecule has 2 aromatic rings. The van der Waals surface area contributed by atoms with E-state index in [1.807, 2.05) is 19.9 Å². The highest BCUT2D eigenvalue weighted by molar-refractivity contribution is 5.70. The summed E-state index contributed by atoms with van der Waals surface area (Å²) in [5, 5.41) is 25.1. The molecular formula is C12H18N6O2. The number of aromatic nitrogens is 6. The Morgan fingerprint density at radius 3 is 2.75 bits per heavy atom. The van der Waals surface area contributed by atoms with Crippen molar-refractivity contribution in [3.05, 3.63) is 11.8 Å². The lowest BCUT2D eigenvalue weighted by atomic mass is 10.0. The van der Waals surface area contributed by atoms with Gasteiger partial charge in [-0.15, -0.1) is 5.10 Å². The Balaban J connectivity index is 2.45. The lowest BCUT2D eigenvalue weighted by Crippen LogP contribution is -2.23. The van der Waals surface area contributed by atoms with Crippen LogP contribution in [0.4, 0.5) is 0 Å². The van der Waals surface area contributed by atoms with Gasteiger partial charge in [-0.1, -0.05) is 0 Å². The van der Waals surface area contributed by atoms with Crippen molar-refractivity contribution in [2.24, 2.45) is 5.92 Å². The van der Waals surface area contributed by atoms with Gasteiger partial charge in [0.25, 0.3) is 0 Å². The van der Waals surface area contributed by atoms with E-state index in [1.165, 1.54) is 0 Å². The molecule has 0 saturated carbocycles. The van der Waals surface area contributed by atoms with Gasteiger partial charge in [0, 0.05) is 6.54 Å². The monoisotopic (exact) mass is 278 g/mol. The van der Waals surface area contributed by atoms with E-state index >= 15 is 0 Å². The van der Waals surface area contributed by atoms with E-state index in [4.69, 9.17) is 5.11 Å². The number of nitrogens with zero attached hydrogens (tertiary/aromatic N) is 6. The Labute approximate surface area is 116 Å². The number of carbonyl (C=O) groups is 1. The minimum Gasteiger partial charge on any atom is -0.481 e. The van der Waals surface area contributed by atoms with Crippen LogP contribution in [0.25, 0.3) is 11.5 Å². The molecule has 2 unspecified atom stereocenters. The molecule has 0 spiro atoms. The number of tetrazole rings is 1. The van der Waals surface area contributed by atoms with Crippen molar-refractivity contribution in [2.75, 3.05) is 0 Å². The maximum Gasteiger partial charge on any atom is 0.308 e. The molecule has 8 nitrogen and oxygen atoms in total. The molecule has 0 aliphatic rings. The molecule has 2 aromatic heterocycles. The van der Waals surface area contributed by atoms with Gasteiger partial charge in [-0.2, -0.15) is 5.10 Å². The van der Waals surface area contributed by atoms with Gasteiger partial charge in [-0.25, -0.2) is 4.68 Å². The zero-order chi connectivity index (χ0) is 14.9. The topological polar surface area (TPSA) is 98.7 Å². The van der Waals surface area contributed by atoms with Crippen LogP contribution in [-0.2, 0) is 11.3 Å². The molecule has 0 amide bonds. The van der Waals surface area contributed by atoms with E-state index in [1.54, 1.807) is 23.2 Å². The van der Waals surface area contributed by atoms with Crippen molar-refractivity contribution in [3.8, 4) is 11.5 Å². The van der Waals surface area contributed by atoms with Crippen molar-refractivity contribution < 1.29 is 9.90 Å². The third kappa shape index (κ3) is 2.40. The summed E-state index contributed by atoms with van der Waals surface area (Å²) in [6.45, 7) is 8.00. The van der Waals surface area contributed by atoms with Gasteiger partial charge < -0.3 is 5.11 Å². The molecule has 2 heterocycles. The first-order valence-corrected chi connectivity index (χ1v) is 6.51. The highest BCUT2D eigenvalue weighted by atomic mass is 16.4. The Morgan fingerprint density at radius 1 is 1.45 bits per heavy atom. The molecule has 8 heteroatoms. The van der Waals surface area contributed by atoms with E-state index in [0.29, 0.717) is 12.4 Å². The van der Waals surface area contributed by atoms with Crippen LogP contribution in [0.15, 0.2) is 6.07 Å². The van der Waals surface area contributed by atoms with Crippen LogP contribution >= 0.6 is 0 Å². The van der Waals surface area contributed by atoms with E-state index in [2.05, 4.69) is 20.6 Å². The highest BCUT2D eigenvalue weighted by Gasteiger charge is 2.26. The minimum absolute atomic E-state index is 0.349. The van der Waals surface area contributed by atoms with Gasteiger partial charge in [-0.05, 0) is 44.2 Å². The molecule has 1 N–H and O–H groups in total. The number of carboxylic acids is 1. The van der Waals surface area contributed by atoms with Crippen LogP contribution in [0.5, 0.6) is 0 Å². The summed E-state index contributed by atoms with van der Waals surface area (Å²) in [6, 6.07) is 1.54. The minimum atomic E-state index is -0.876. The Hall–Kier alpha value is -2.25. The smallest absolute Gasteiger partial charge is 0.308 e.